The maximum Gasteiger partial charge on any atom is 0.243 e. The minimum atomic E-state index is -0.832. The number of carbonyl (C=O) groups excluding carboxylic acids is 4. The zero-order chi connectivity index (χ0) is 51.5. The molecule has 2 aromatic carbocycles. The van der Waals surface area contributed by atoms with E-state index in [0.29, 0.717) is 65.1 Å². The molecule has 1 aliphatic carbocycles. The number of nitrogens with one attached hydrogen (secondary N) is 3. The molecule has 4 aromatic rings. The Hall–Kier alpha value is -4.80. The minimum Gasteiger partial charge on any atom is -0.494 e. The molecule has 0 unspecified atom stereocenters. The van der Waals surface area contributed by atoms with Crippen LogP contribution in [0.15, 0.2) is 60.2 Å². The number of β-amino-alcohol motifs (C(OH)–C–C–N with tert-alkyl or cyclic N) is 1. The first-order chi connectivity index (χ1) is 34.7. The van der Waals surface area contributed by atoms with Crippen molar-refractivity contribution in [3.05, 3.63) is 75.1 Å². The topological polar surface area (TPSA) is 207 Å². The van der Waals surface area contributed by atoms with Crippen LogP contribution < -0.4 is 20.7 Å². The van der Waals surface area contributed by atoms with E-state index in [0.717, 1.165) is 81.0 Å². The number of hydrogen-bond acceptors (Lipinski definition) is 15. The molecule has 1 aliphatic heterocycles. The molecular formula is C53H73IN8O9S. The number of likely N-dealkylation sites (tertiary alicyclic amines) is 1. The van der Waals surface area contributed by atoms with E-state index < -0.39 is 23.5 Å². The van der Waals surface area contributed by atoms with Gasteiger partial charge in [0.15, 0.2) is 5.78 Å². The lowest BCUT2D eigenvalue weighted by molar-refractivity contribution is -0.146. The second-order valence-electron chi connectivity index (χ2n) is 19.6. The molecule has 3 heterocycles. The number of ketones is 1. The van der Waals surface area contributed by atoms with Gasteiger partial charge in [0.2, 0.25) is 23.7 Å². The SMILES string of the molecule is Cc1ncsc1-c1ccc(CNC(=O)[C@H]2C[C@H](O)CN2C(=O)[C@H](CC(=O)COCCCOCCCCOCCCOc2ccc(Nc3ncc(I)c(NCCN(C)C(=O)C4CCC4)n3)cc2)C(C)(C)C)cc1. The van der Waals surface area contributed by atoms with Gasteiger partial charge >= 0.3 is 0 Å². The average Bonchev–Trinajstić information content (AvgIpc) is 3.96. The van der Waals surface area contributed by atoms with Crippen LogP contribution in [-0.2, 0) is 39.9 Å². The molecule has 3 atom stereocenters. The fraction of sp³-hybridized carbons (Fsp3) is 0.566. The summed E-state index contributed by atoms with van der Waals surface area (Å²) >= 11 is 3.78. The second kappa shape index (κ2) is 28.6. The van der Waals surface area contributed by atoms with E-state index in [4.69, 9.17) is 18.9 Å². The van der Waals surface area contributed by atoms with Crippen LogP contribution in [0.2, 0.25) is 0 Å². The number of Topliss-reactive ketones (excluding diaryl/α,β-unsaturated/α-hetero) is 1. The number of thiazole rings is 1. The molecule has 0 radical (unpaired) electrons. The summed E-state index contributed by atoms with van der Waals surface area (Å²) in [6, 6.07) is 14.7. The van der Waals surface area contributed by atoms with Gasteiger partial charge in [0.1, 0.15) is 24.2 Å². The zero-order valence-corrected chi connectivity index (χ0v) is 45.4. The van der Waals surface area contributed by atoms with Gasteiger partial charge in [0.25, 0.3) is 0 Å². The standard InChI is InChI=1S/C53H73IN8O9S/c1-36-47(72-35-58-36)38-15-13-37(14-16-38)31-56-49(65)46-30-41(63)33-62(46)51(67)44(53(2,3)4)29-42(64)34-70-27-9-25-68-23-6-7-24-69-26-10-28-71-43-19-17-40(18-20-43)59-52-57-32-45(54)48(60-52)55-21-22-61(5)50(66)39-11-8-12-39/h13-20,32,35,39,41,44,46,63H,6-12,21-31,33-34H2,1-5H3,(H,56,65)(H2,55,57,59,60)/t41-,44-,46+/m0/s1. The summed E-state index contributed by atoms with van der Waals surface area (Å²) < 4.78 is 24.0. The Labute approximate surface area is 442 Å². The van der Waals surface area contributed by atoms with E-state index in [1.165, 1.54) is 4.90 Å². The average molecular weight is 1130 g/mol. The molecule has 3 amide bonds. The molecule has 1 saturated carbocycles. The Morgan fingerprint density at radius 2 is 1.60 bits per heavy atom. The molecule has 1 saturated heterocycles. The Bertz CT molecular complexity index is 2340. The van der Waals surface area contributed by atoms with Gasteiger partial charge in [-0.15, -0.1) is 11.3 Å². The van der Waals surface area contributed by atoms with E-state index in [-0.39, 0.29) is 62.0 Å². The largest absolute Gasteiger partial charge is 0.494 e. The van der Waals surface area contributed by atoms with Gasteiger partial charge < -0.3 is 49.8 Å². The number of amides is 3. The van der Waals surface area contributed by atoms with Crippen LogP contribution >= 0.6 is 33.9 Å². The second-order valence-corrected chi connectivity index (χ2v) is 21.6. The molecule has 17 nitrogen and oxygen atoms in total. The normalized spacial score (nSPS) is 16.2. The third-order valence-corrected chi connectivity index (χ3v) is 14.6. The monoisotopic (exact) mass is 1120 g/mol. The molecular weight excluding hydrogens is 1050 g/mol. The number of aromatic nitrogens is 3. The number of aliphatic hydroxyl groups excluding tert-OH is 1. The van der Waals surface area contributed by atoms with Crippen LogP contribution in [0.1, 0.15) is 89.8 Å². The molecule has 6 rings (SSSR count). The van der Waals surface area contributed by atoms with Gasteiger partial charge in [-0.1, -0.05) is 51.5 Å². The molecule has 72 heavy (non-hydrogen) atoms. The third-order valence-electron chi connectivity index (χ3n) is 12.9. The molecule has 4 N–H and O–H groups in total. The highest BCUT2D eigenvalue weighted by molar-refractivity contribution is 14.1. The van der Waals surface area contributed by atoms with E-state index in [1.807, 2.05) is 88.8 Å². The predicted octanol–water partition coefficient (Wildman–Crippen LogP) is 7.82. The fourth-order valence-electron chi connectivity index (χ4n) is 8.36. The van der Waals surface area contributed by atoms with Gasteiger partial charge in [0, 0.05) is 109 Å². The van der Waals surface area contributed by atoms with Gasteiger partial charge in [-0.25, -0.2) is 9.97 Å². The lowest BCUT2D eigenvalue weighted by Crippen LogP contribution is -2.50. The van der Waals surface area contributed by atoms with Crippen molar-refractivity contribution >= 4 is 74.9 Å². The fourth-order valence-corrected chi connectivity index (χ4v) is 9.63. The number of ether oxygens (including phenoxy) is 4. The highest BCUT2D eigenvalue weighted by atomic mass is 127. The van der Waals surface area contributed by atoms with Crippen LogP contribution in [0.3, 0.4) is 0 Å². The van der Waals surface area contributed by atoms with Crippen molar-refractivity contribution < 1.29 is 43.2 Å². The van der Waals surface area contributed by atoms with Gasteiger partial charge in [-0.3, -0.25) is 19.2 Å². The summed E-state index contributed by atoms with van der Waals surface area (Å²) in [6.07, 6.45) is 7.31. The van der Waals surface area contributed by atoms with Crippen molar-refractivity contribution in [2.45, 2.75) is 104 Å². The summed E-state index contributed by atoms with van der Waals surface area (Å²) in [5.41, 5.74) is 5.03. The van der Waals surface area contributed by atoms with Crippen molar-refractivity contribution in [3.8, 4) is 16.2 Å². The maximum atomic E-state index is 14.0. The van der Waals surface area contributed by atoms with Crippen LogP contribution in [0.4, 0.5) is 17.5 Å². The molecule has 0 bridgehead atoms. The Morgan fingerprint density at radius 1 is 0.917 bits per heavy atom. The van der Waals surface area contributed by atoms with Gasteiger partial charge in [-0.05, 0) is 102 Å². The van der Waals surface area contributed by atoms with Crippen LogP contribution in [0, 0.1) is 27.7 Å². The van der Waals surface area contributed by atoms with Crippen LogP contribution in [0.25, 0.3) is 10.4 Å². The summed E-state index contributed by atoms with van der Waals surface area (Å²) in [5, 5.41) is 20.1. The van der Waals surface area contributed by atoms with Crippen molar-refractivity contribution in [2.75, 3.05) is 83.6 Å². The predicted molar refractivity (Wildman–Crippen MR) is 287 cm³/mol. The quantitative estimate of drug-likeness (QED) is 0.0290. The number of hydrogen-bond donors (Lipinski definition) is 4. The smallest absolute Gasteiger partial charge is 0.243 e. The molecule has 19 heteroatoms. The van der Waals surface area contributed by atoms with Crippen molar-refractivity contribution in [1.82, 2.24) is 30.1 Å². The van der Waals surface area contributed by atoms with E-state index in [9.17, 15) is 24.3 Å². The Morgan fingerprint density at radius 3 is 2.25 bits per heavy atom. The van der Waals surface area contributed by atoms with Crippen molar-refractivity contribution in [2.24, 2.45) is 17.3 Å². The lowest BCUT2D eigenvalue weighted by atomic mass is 9.77. The maximum absolute atomic E-state index is 14.0. The van der Waals surface area contributed by atoms with Crippen molar-refractivity contribution in [1.29, 1.82) is 0 Å². The number of nitrogens with zero attached hydrogens (tertiary/aromatic N) is 5. The highest BCUT2D eigenvalue weighted by Crippen LogP contribution is 2.34. The summed E-state index contributed by atoms with van der Waals surface area (Å²) in [6.45, 7) is 12.3. The molecule has 2 fully saturated rings. The number of rotatable bonds is 30. The molecule has 0 spiro atoms. The first-order valence-electron chi connectivity index (χ1n) is 25.2. The number of unbranched alkanes of at least 4 members (excludes halogenated alkanes) is 1. The summed E-state index contributed by atoms with van der Waals surface area (Å²) in [5.74, 6) is 0.843. The Balaban J connectivity index is 0.767. The van der Waals surface area contributed by atoms with E-state index in [1.54, 1.807) is 22.4 Å². The first-order valence-corrected chi connectivity index (χ1v) is 27.1. The number of anilines is 3. The molecule has 2 aliphatic rings. The number of benzene rings is 2. The van der Waals surface area contributed by atoms with Gasteiger partial charge in [-0.2, -0.15) is 4.98 Å². The number of aliphatic hydroxyl groups is 1. The zero-order valence-electron chi connectivity index (χ0n) is 42.5. The van der Waals surface area contributed by atoms with Crippen LogP contribution in [-0.4, -0.2) is 138 Å². The number of halogens is 1. The Kier molecular flexibility index (Phi) is 22.4. The van der Waals surface area contributed by atoms with E-state index in [2.05, 4.69) is 53.5 Å². The van der Waals surface area contributed by atoms with Crippen molar-refractivity contribution in [3.63, 3.8) is 0 Å². The number of likely N-dealkylation sites (N-methyl/N-ethyl adjacent to an activating group) is 1. The molecule has 392 valence electrons. The summed E-state index contributed by atoms with van der Waals surface area (Å²) in [4.78, 5) is 70.7. The molecule has 2 aromatic heterocycles. The minimum absolute atomic E-state index is 0.0238. The van der Waals surface area contributed by atoms with Gasteiger partial charge in [0.05, 0.1) is 32.4 Å². The van der Waals surface area contributed by atoms with Crippen LogP contribution in [0.5, 0.6) is 5.75 Å². The van der Waals surface area contributed by atoms with E-state index >= 15 is 0 Å². The highest BCUT2D eigenvalue weighted by Gasteiger charge is 2.44. The lowest BCUT2D eigenvalue weighted by Gasteiger charge is -2.34. The number of carbonyl (C=O) groups is 4. The third kappa shape index (κ3) is 17.7. The first kappa shape index (κ1) is 56.5. The number of aryl methyl sites for hydroxylation is 1. The summed E-state index contributed by atoms with van der Waals surface area (Å²) in [7, 11) is 1.86.